The fourth-order valence-corrected chi connectivity index (χ4v) is 2.88. The number of carbonyl (C=O) groups excluding carboxylic acids is 3. The normalized spacial score (nSPS) is 10.8. The van der Waals surface area contributed by atoms with Gasteiger partial charge in [-0.25, -0.2) is 0 Å². The quantitative estimate of drug-likeness (QED) is 0.402. The van der Waals surface area contributed by atoms with Crippen LogP contribution in [0.1, 0.15) is 26.3 Å². The van der Waals surface area contributed by atoms with Crippen LogP contribution in [-0.4, -0.2) is 42.4 Å². The number of halogens is 3. The Balaban J connectivity index is 1.40. The van der Waals surface area contributed by atoms with Gasteiger partial charge in [-0.05, 0) is 54.6 Å². The number of pyridine rings is 1. The number of alkyl halides is 3. The first-order chi connectivity index (χ1) is 16.7. The number of benzene rings is 2. The summed E-state index contributed by atoms with van der Waals surface area (Å²) in [6.45, 7) is -0.00112. The fourth-order valence-electron chi connectivity index (χ4n) is 2.88. The van der Waals surface area contributed by atoms with Crippen molar-refractivity contribution in [1.82, 2.24) is 15.6 Å². The van der Waals surface area contributed by atoms with Gasteiger partial charge in [0.15, 0.2) is 6.61 Å². The fraction of sp³-hybridized carbons (Fsp3) is 0.167. The standard InChI is InChI=1S/C24H21F3N4O4/c25-24(26,27)18-4-1-5-19(13-18)31-21(32)15-35-20-8-6-16(7-9-20)22(33)29-11-12-30-23(34)17-3-2-10-28-14-17/h1-10,13-14H,11-12,15H2,(H,29,33)(H,30,34)(H,31,32). The van der Waals surface area contributed by atoms with Crippen LogP contribution in [0.5, 0.6) is 5.75 Å². The molecule has 3 rings (SSSR count). The second-order valence-electron chi connectivity index (χ2n) is 7.19. The summed E-state index contributed by atoms with van der Waals surface area (Å²) >= 11 is 0. The Kier molecular flexibility index (Phi) is 8.38. The Bertz CT molecular complexity index is 1170. The molecule has 0 saturated carbocycles. The van der Waals surface area contributed by atoms with Crippen molar-refractivity contribution in [3.8, 4) is 5.75 Å². The van der Waals surface area contributed by atoms with Gasteiger partial charge in [-0.1, -0.05) is 6.07 Å². The largest absolute Gasteiger partial charge is 0.484 e. The molecule has 1 aromatic heterocycles. The number of rotatable bonds is 9. The van der Waals surface area contributed by atoms with Crippen molar-refractivity contribution in [2.75, 3.05) is 25.0 Å². The minimum atomic E-state index is -4.51. The first-order valence-electron chi connectivity index (χ1n) is 10.4. The molecular weight excluding hydrogens is 465 g/mol. The SMILES string of the molecule is O=C(COc1ccc(C(=O)NCCNC(=O)c2cccnc2)cc1)Nc1cccc(C(F)(F)F)c1. The van der Waals surface area contributed by atoms with Crippen molar-refractivity contribution in [2.24, 2.45) is 0 Å². The van der Waals surface area contributed by atoms with Crippen molar-refractivity contribution in [2.45, 2.75) is 6.18 Å². The molecule has 3 amide bonds. The number of carbonyl (C=O) groups is 3. The third-order valence-corrected chi connectivity index (χ3v) is 4.58. The molecule has 2 aromatic carbocycles. The summed E-state index contributed by atoms with van der Waals surface area (Å²) in [5.74, 6) is -1.01. The van der Waals surface area contributed by atoms with Crippen LogP contribution in [0.15, 0.2) is 73.1 Å². The lowest BCUT2D eigenvalue weighted by atomic mass is 10.2. The molecule has 0 spiro atoms. The van der Waals surface area contributed by atoms with Gasteiger partial charge in [-0.15, -0.1) is 0 Å². The molecular formula is C24H21F3N4O4. The van der Waals surface area contributed by atoms with E-state index >= 15 is 0 Å². The monoisotopic (exact) mass is 486 g/mol. The zero-order valence-electron chi connectivity index (χ0n) is 18.3. The maximum absolute atomic E-state index is 12.8. The van der Waals surface area contributed by atoms with E-state index in [1.165, 1.54) is 42.6 Å². The Morgan fingerprint density at radius 2 is 1.54 bits per heavy atom. The van der Waals surface area contributed by atoms with Gasteiger partial charge in [-0.3, -0.25) is 19.4 Å². The summed E-state index contributed by atoms with van der Waals surface area (Å²) in [5, 5.41) is 7.67. The Labute approximate surface area is 198 Å². The minimum Gasteiger partial charge on any atom is -0.484 e. The molecule has 8 nitrogen and oxygen atoms in total. The zero-order chi connectivity index (χ0) is 25.3. The summed E-state index contributed by atoms with van der Waals surface area (Å²) in [5.41, 5.74) is -0.125. The topological polar surface area (TPSA) is 109 Å². The summed E-state index contributed by atoms with van der Waals surface area (Å²) in [4.78, 5) is 40.0. The number of anilines is 1. The predicted octanol–water partition coefficient (Wildman–Crippen LogP) is 3.28. The molecule has 1 heterocycles. The first kappa shape index (κ1) is 25.2. The summed E-state index contributed by atoms with van der Waals surface area (Å²) in [7, 11) is 0. The predicted molar refractivity (Wildman–Crippen MR) is 121 cm³/mol. The van der Waals surface area contributed by atoms with Gasteiger partial charge < -0.3 is 20.7 Å². The van der Waals surface area contributed by atoms with Gasteiger partial charge in [0.1, 0.15) is 5.75 Å². The highest BCUT2D eigenvalue weighted by Gasteiger charge is 2.30. The van der Waals surface area contributed by atoms with Crippen LogP contribution in [0.3, 0.4) is 0 Å². The molecule has 3 N–H and O–H groups in total. The van der Waals surface area contributed by atoms with E-state index in [0.717, 1.165) is 12.1 Å². The van der Waals surface area contributed by atoms with E-state index in [9.17, 15) is 27.6 Å². The third kappa shape index (κ3) is 7.84. The summed E-state index contributed by atoms with van der Waals surface area (Å²) in [6, 6.07) is 13.5. The van der Waals surface area contributed by atoms with Crippen LogP contribution in [0.2, 0.25) is 0 Å². The van der Waals surface area contributed by atoms with E-state index in [1.807, 2.05) is 0 Å². The van der Waals surface area contributed by atoms with Crippen molar-refractivity contribution >= 4 is 23.4 Å². The molecule has 0 atom stereocenters. The van der Waals surface area contributed by atoms with Crippen molar-refractivity contribution in [1.29, 1.82) is 0 Å². The van der Waals surface area contributed by atoms with E-state index in [1.54, 1.807) is 18.3 Å². The summed E-state index contributed by atoms with van der Waals surface area (Å²) in [6.07, 6.45) is -1.52. The molecule has 3 aromatic rings. The van der Waals surface area contributed by atoms with E-state index in [4.69, 9.17) is 4.74 Å². The number of nitrogens with one attached hydrogen (secondary N) is 3. The van der Waals surface area contributed by atoms with E-state index in [0.29, 0.717) is 16.9 Å². The lowest BCUT2D eigenvalue weighted by Gasteiger charge is -2.11. The first-order valence-corrected chi connectivity index (χ1v) is 10.4. The molecule has 0 bridgehead atoms. The van der Waals surface area contributed by atoms with Gasteiger partial charge in [0.25, 0.3) is 17.7 Å². The lowest BCUT2D eigenvalue weighted by molar-refractivity contribution is -0.137. The van der Waals surface area contributed by atoms with Crippen molar-refractivity contribution in [3.63, 3.8) is 0 Å². The molecule has 182 valence electrons. The second kappa shape index (κ2) is 11.6. The summed E-state index contributed by atoms with van der Waals surface area (Å²) < 4.78 is 43.6. The molecule has 0 unspecified atom stereocenters. The van der Waals surface area contributed by atoms with E-state index in [-0.39, 0.29) is 30.6 Å². The number of aromatic nitrogens is 1. The van der Waals surface area contributed by atoms with Crippen LogP contribution in [0, 0.1) is 0 Å². The molecule has 0 aliphatic heterocycles. The molecule has 35 heavy (non-hydrogen) atoms. The van der Waals surface area contributed by atoms with Gasteiger partial charge in [0, 0.05) is 36.7 Å². The molecule has 0 fully saturated rings. The molecule has 0 radical (unpaired) electrons. The maximum Gasteiger partial charge on any atom is 0.416 e. The second-order valence-corrected chi connectivity index (χ2v) is 7.19. The van der Waals surface area contributed by atoms with Crippen LogP contribution in [0.4, 0.5) is 18.9 Å². The third-order valence-electron chi connectivity index (χ3n) is 4.58. The molecule has 11 heteroatoms. The molecule has 0 aliphatic carbocycles. The minimum absolute atomic E-state index is 0.00271. The Hall–Kier alpha value is -4.41. The van der Waals surface area contributed by atoms with Crippen LogP contribution in [0.25, 0.3) is 0 Å². The molecule has 0 aliphatic rings. The number of amides is 3. The number of ether oxygens (including phenoxy) is 1. The highest BCUT2D eigenvalue weighted by Crippen LogP contribution is 2.30. The zero-order valence-corrected chi connectivity index (χ0v) is 18.3. The average molecular weight is 486 g/mol. The number of hydrogen-bond acceptors (Lipinski definition) is 5. The van der Waals surface area contributed by atoms with E-state index < -0.39 is 24.3 Å². The van der Waals surface area contributed by atoms with Gasteiger partial charge in [-0.2, -0.15) is 13.2 Å². The average Bonchev–Trinajstić information content (AvgIpc) is 2.85. The van der Waals surface area contributed by atoms with Crippen LogP contribution >= 0.6 is 0 Å². The van der Waals surface area contributed by atoms with E-state index in [2.05, 4.69) is 20.9 Å². The van der Waals surface area contributed by atoms with Gasteiger partial charge in [0.2, 0.25) is 0 Å². The van der Waals surface area contributed by atoms with Gasteiger partial charge >= 0.3 is 6.18 Å². The number of hydrogen-bond donors (Lipinski definition) is 3. The Morgan fingerprint density at radius 3 is 2.17 bits per heavy atom. The van der Waals surface area contributed by atoms with Crippen molar-refractivity contribution in [3.05, 3.63) is 89.7 Å². The highest BCUT2D eigenvalue weighted by molar-refractivity contribution is 5.95. The number of nitrogens with zero attached hydrogens (tertiary/aromatic N) is 1. The van der Waals surface area contributed by atoms with Crippen LogP contribution < -0.4 is 20.7 Å². The van der Waals surface area contributed by atoms with Crippen molar-refractivity contribution < 1.29 is 32.3 Å². The smallest absolute Gasteiger partial charge is 0.416 e. The molecule has 0 saturated heterocycles. The Morgan fingerprint density at radius 1 is 0.857 bits per heavy atom. The van der Waals surface area contributed by atoms with Crippen LogP contribution in [-0.2, 0) is 11.0 Å². The highest BCUT2D eigenvalue weighted by atomic mass is 19.4. The lowest BCUT2D eigenvalue weighted by Crippen LogP contribution is -2.34. The van der Waals surface area contributed by atoms with Gasteiger partial charge in [0.05, 0.1) is 11.1 Å². The maximum atomic E-state index is 12.8.